The van der Waals surface area contributed by atoms with Crippen molar-refractivity contribution in [1.29, 1.82) is 0 Å². The second-order valence-corrected chi connectivity index (χ2v) is 16.6. The maximum Gasteiger partial charge on any atom is 0.104 e. The number of nitrogens with zero attached hydrogens (tertiary/aromatic N) is 2. The van der Waals surface area contributed by atoms with E-state index in [0.717, 1.165) is 22.1 Å². The lowest BCUT2D eigenvalue weighted by Crippen LogP contribution is -3.00. The van der Waals surface area contributed by atoms with Gasteiger partial charge in [0.05, 0.1) is 41.3 Å². The SMILES string of the molecule is CCCCCCCCCCCCCCCC[N+](C)(C)Cc1ccc(C[N+](C)(C)CCCCCCCCCCCCCCCC)cc1.[Br-].[Br-]. The lowest BCUT2D eigenvalue weighted by Gasteiger charge is -2.31. The lowest BCUT2D eigenvalue weighted by atomic mass is 10.0. The van der Waals surface area contributed by atoms with Crippen molar-refractivity contribution < 1.29 is 42.9 Å². The molecule has 0 aromatic heterocycles. The van der Waals surface area contributed by atoms with Crippen molar-refractivity contribution in [3.05, 3.63) is 35.4 Å². The molecule has 0 heterocycles. The van der Waals surface area contributed by atoms with E-state index in [9.17, 15) is 0 Å². The standard InChI is InChI=1S/C44H86N2.2BrH/c1-7-9-11-13-15-17-19-21-23-25-27-29-31-33-39-45(3,4)41-43-35-37-44(38-36-43)42-46(5,6)40-34-32-30-28-26-24-22-20-18-16-14-12-10-8-2;;/h35-38H,7-34,39-42H2,1-6H3;2*1H/q+2;;/p-2. The Balaban J connectivity index is 0. The molecule has 1 aromatic rings. The highest BCUT2D eigenvalue weighted by molar-refractivity contribution is 5.21. The van der Waals surface area contributed by atoms with Crippen molar-refractivity contribution in [3.8, 4) is 0 Å². The highest BCUT2D eigenvalue weighted by Crippen LogP contribution is 2.18. The van der Waals surface area contributed by atoms with Crippen molar-refractivity contribution in [3.63, 3.8) is 0 Å². The van der Waals surface area contributed by atoms with Gasteiger partial charge in [-0.3, -0.25) is 0 Å². The first-order valence-corrected chi connectivity index (χ1v) is 21.0. The molecule has 0 spiro atoms. The van der Waals surface area contributed by atoms with E-state index in [1.807, 2.05) is 0 Å². The predicted molar refractivity (Wildman–Crippen MR) is 208 cm³/mol. The molecule has 0 aliphatic rings. The summed E-state index contributed by atoms with van der Waals surface area (Å²) in [7, 11) is 9.69. The summed E-state index contributed by atoms with van der Waals surface area (Å²) in [6.07, 6.45) is 40.3. The Morgan fingerprint density at radius 3 is 0.708 bits per heavy atom. The summed E-state index contributed by atoms with van der Waals surface area (Å²) in [5.74, 6) is 0. The molecule has 0 bridgehead atoms. The molecule has 0 amide bonds. The number of unbranched alkanes of at least 4 members (excludes halogenated alkanes) is 26. The summed E-state index contributed by atoms with van der Waals surface area (Å²) in [4.78, 5) is 0. The molecule has 0 saturated carbocycles. The van der Waals surface area contributed by atoms with Crippen LogP contribution in [-0.2, 0) is 13.1 Å². The monoisotopic (exact) mass is 801 g/mol. The first-order chi connectivity index (χ1) is 22.3. The van der Waals surface area contributed by atoms with Crippen molar-refractivity contribution in [2.45, 2.75) is 207 Å². The van der Waals surface area contributed by atoms with Crippen LogP contribution in [0.1, 0.15) is 205 Å². The molecule has 0 atom stereocenters. The summed E-state index contributed by atoms with van der Waals surface area (Å²) < 4.78 is 2.22. The molecule has 1 rings (SSSR count). The Kier molecular flexibility index (Phi) is 35.8. The van der Waals surface area contributed by atoms with Gasteiger partial charge in [-0.05, 0) is 25.7 Å². The van der Waals surface area contributed by atoms with Crippen LogP contribution in [0.25, 0.3) is 0 Å². The van der Waals surface area contributed by atoms with Crippen LogP contribution in [0.4, 0.5) is 0 Å². The highest BCUT2D eigenvalue weighted by atomic mass is 79.9. The van der Waals surface area contributed by atoms with Gasteiger partial charge in [0.1, 0.15) is 13.1 Å². The minimum absolute atomic E-state index is 0. The van der Waals surface area contributed by atoms with Crippen LogP contribution in [0.5, 0.6) is 0 Å². The van der Waals surface area contributed by atoms with Crippen LogP contribution in [0.3, 0.4) is 0 Å². The number of rotatable bonds is 34. The zero-order valence-electron chi connectivity index (χ0n) is 33.6. The quantitative estimate of drug-likeness (QED) is 0.0493. The molecule has 286 valence electrons. The van der Waals surface area contributed by atoms with E-state index in [2.05, 4.69) is 66.3 Å². The van der Waals surface area contributed by atoms with Crippen molar-refractivity contribution in [2.24, 2.45) is 0 Å². The van der Waals surface area contributed by atoms with Gasteiger partial charge in [-0.15, -0.1) is 0 Å². The Morgan fingerprint density at radius 1 is 0.312 bits per heavy atom. The molecule has 0 unspecified atom stereocenters. The van der Waals surface area contributed by atoms with Crippen molar-refractivity contribution in [1.82, 2.24) is 0 Å². The maximum atomic E-state index is 2.42. The molecule has 0 aliphatic heterocycles. The Hall–Kier alpha value is 0.1000. The summed E-state index contributed by atoms with van der Waals surface area (Å²) in [6, 6.07) is 9.64. The molecule has 0 radical (unpaired) electrons. The smallest absolute Gasteiger partial charge is 0.104 e. The number of hydrogen-bond donors (Lipinski definition) is 0. The molecular formula is C44H86Br2N2. The third kappa shape index (κ3) is 32.0. The van der Waals surface area contributed by atoms with Gasteiger partial charge in [0.25, 0.3) is 0 Å². The molecule has 0 N–H and O–H groups in total. The second kappa shape index (κ2) is 34.2. The molecule has 4 heteroatoms. The predicted octanol–water partition coefficient (Wildman–Crippen LogP) is 7.81. The van der Waals surface area contributed by atoms with Crippen LogP contribution in [-0.4, -0.2) is 50.2 Å². The second-order valence-electron chi connectivity index (χ2n) is 16.6. The highest BCUT2D eigenvalue weighted by Gasteiger charge is 2.18. The van der Waals surface area contributed by atoms with Crippen LogP contribution in [0.15, 0.2) is 24.3 Å². The van der Waals surface area contributed by atoms with Gasteiger partial charge >= 0.3 is 0 Å². The fraction of sp³-hybridized carbons (Fsp3) is 0.864. The number of benzene rings is 1. The van der Waals surface area contributed by atoms with E-state index in [0.29, 0.717) is 0 Å². The summed E-state index contributed by atoms with van der Waals surface area (Å²) >= 11 is 0. The summed E-state index contributed by atoms with van der Waals surface area (Å²) in [5.41, 5.74) is 2.99. The molecule has 0 fully saturated rings. The van der Waals surface area contributed by atoms with Crippen molar-refractivity contribution in [2.75, 3.05) is 41.3 Å². The largest absolute Gasteiger partial charge is 1.00 e. The Morgan fingerprint density at radius 2 is 0.500 bits per heavy atom. The van der Waals surface area contributed by atoms with Gasteiger partial charge < -0.3 is 42.9 Å². The first-order valence-electron chi connectivity index (χ1n) is 21.0. The number of quaternary nitrogens is 2. The van der Waals surface area contributed by atoms with Crippen molar-refractivity contribution >= 4 is 0 Å². The zero-order valence-corrected chi connectivity index (χ0v) is 36.8. The van der Waals surface area contributed by atoms with Gasteiger partial charge in [0, 0.05) is 11.1 Å². The fourth-order valence-electron chi connectivity index (χ4n) is 7.37. The van der Waals surface area contributed by atoms with E-state index in [1.165, 1.54) is 204 Å². The van der Waals surface area contributed by atoms with Gasteiger partial charge in [0.15, 0.2) is 0 Å². The van der Waals surface area contributed by atoms with Gasteiger partial charge in [-0.1, -0.05) is 192 Å². The fourth-order valence-corrected chi connectivity index (χ4v) is 7.37. The molecule has 1 aromatic carbocycles. The Labute approximate surface area is 324 Å². The van der Waals surface area contributed by atoms with Gasteiger partial charge in [-0.2, -0.15) is 0 Å². The summed E-state index contributed by atoms with van der Waals surface area (Å²) in [5, 5.41) is 0. The Bertz CT molecular complexity index is 712. The van der Waals surface area contributed by atoms with Crippen LogP contribution in [0, 0.1) is 0 Å². The number of hydrogen-bond acceptors (Lipinski definition) is 0. The van der Waals surface area contributed by atoms with Crippen LogP contribution >= 0.6 is 0 Å². The minimum atomic E-state index is 0. The van der Waals surface area contributed by atoms with E-state index >= 15 is 0 Å². The number of halogens is 2. The molecular weight excluding hydrogens is 716 g/mol. The van der Waals surface area contributed by atoms with Gasteiger partial charge in [-0.25, -0.2) is 0 Å². The zero-order chi connectivity index (χ0) is 33.6. The third-order valence-corrected chi connectivity index (χ3v) is 10.5. The van der Waals surface area contributed by atoms with E-state index < -0.39 is 0 Å². The third-order valence-electron chi connectivity index (χ3n) is 10.5. The first kappa shape index (κ1) is 50.2. The van der Waals surface area contributed by atoms with E-state index in [-0.39, 0.29) is 34.0 Å². The van der Waals surface area contributed by atoms with Crippen LogP contribution in [0.2, 0.25) is 0 Å². The topological polar surface area (TPSA) is 0 Å². The van der Waals surface area contributed by atoms with Crippen LogP contribution < -0.4 is 34.0 Å². The molecule has 2 nitrogen and oxygen atoms in total. The van der Waals surface area contributed by atoms with Gasteiger partial charge in [0.2, 0.25) is 0 Å². The average molecular weight is 803 g/mol. The molecule has 0 saturated heterocycles. The normalized spacial score (nSPS) is 11.8. The van der Waals surface area contributed by atoms with E-state index in [4.69, 9.17) is 0 Å². The average Bonchev–Trinajstić information content (AvgIpc) is 3.02. The molecule has 0 aliphatic carbocycles. The maximum absolute atomic E-state index is 2.42. The lowest BCUT2D eigenvalue weighted by molar-refractivity contribution is -0.904. The van der Waals surface area contributed by atoms with E-state index in [1.54, 1.807) is 0 Å². The minimum Gasteiger partial charge on any atom is -1.00 e. The molecule has 48 heavy (non-hydrogen) atoms. The summed E-state index contributed by atoms with van der Waals surface area (Å²) in [6.45, 7) is 9.50.